The van der Waals surface area contributed by atoms with E-state index in [0.29, 0.717) is 12.3 Å². The number of nitrogens with two attached hydrogens (primary N) is 1. The maximum absolute atomic E-state index is 11.6. The fraction of sp³-hybridized carbons (Fsp3) is 0.500. The maximum Gasteiger partial charge on any atom is 0.220 e. The van der Waals surface area contributed by atoms with Crippen molar-refractivity contribution in [2.24, 2.45) is 5.92 Å². The highest BCUT2D eigenvalue weighted by molar-refractivity contribution is 7.98. The molecule has 0 radical (unpaired) electrons. The van der Waals surface area contributed by atoms with Gasteiger partial charge in [0.2, 0.25) is 5.91 Å². The second kappa shape index (κ2) is 8.03. The van der Waals surface area contributed by atoms with Crippen LogP contribution >= 0.6 is 11.8 Å². The minimum atomic E-state index is 0.125. The van der Waals surface area contributed by atoms with Crippen molar-refractivity contribution in [3.8, 4) is 0 Å². The average molecular weight is 266 g/mol. The highest BCUT2D eigenvalue weighted by Crippen LogP contribution is 2.08. The molecule has 3 nitrogen and oxygen atoms in total. The van der Waals surface area contributed by atoms with Crippen LogP contribution in [0.15, 0.2) is 24.3 Å². The first kappa shape index (κ1) is 14.9. The number of thioether (sulfide) groups is 1. The lowest BCUT2D eigenvalue weighted by atomic mass is 10.1. The van der Waals surface area contributed by atoms with E-state index in [-0.39, 0.29) is 5.91 Å². The zero-order chi connectivity index (χ0) is 13.4. The normalized spacial score (nSPS) is 12.1. The Morgan fingerprint density at radius 2 is 2.06 bits per heavy atom. The minimum Gasteiger partial charge on any atom is -0.399 e. The van der Waals surface area contributed by atoms with E-state index in [2.05, 4.69) is 18.5 Å². The number of benzene rings is 1. The van der Waals surface area contributed by atoms with Gasteiger partial charge in [0.1, 0.15) is 0 Å². The van der Waals surface area contributed by atoms with Gasteiger partial charge in [-0.25, -0.2) is 0 Å². The third kappa shape index (κ3) is 5.96. The molecule has 0 aliphatic rings. The molecular weight excluding hydrogens is 244 g/mol. The fourth-order valence-electron chi connectivity index (χ4n) is 1.66. The SMILES string of the molecule is CSCC(C)CNC(=O)CCc1ccc(N)cc1. The molecular formula is C14H22N2OS. The molecule has 100 valence electrons. The summed E-state index contributed by atoms with van der Waals surface area (Å²) in [7, 11) is 0. The second-order valence-corrected chi connectivity index (χ2v) is 5.52. The van der Waals surface area contributed by atoms with Crippen LogP contribution in [-0.4, -0.2) is 24.5 Å². The van der Waals surface area contributed by atoms with E-state index in [4.69, 9.17) is 5.73 Å². The lowest BCUT2D eigenvalue weighted by molar-refractivity contribution is -0.121. The molecule has 0 heterocycles. The molecule has 0 saturated heterocycles. The smallest absolute Gasteiger partial charge is 0.220 e. The van der Waals surface area contributed by atoms with Gasteiger partial charge in [0.05, 0.1) is 0 Å². The Morgan fingerprint density at radius 3 is 2.67 bits per heavy atom. The largest absolute Gasteiger partial charge is 0.399 e. The molecule has 0 aliphatic carbocycles. The standard InChI is InChI=1S/C14H22N2OS/c1-11(10-18-2)9-16-14(17)8-5-12-3-6-13(15)7-4-12/h3-4,6-7,11H,5,8-10,15H2,1-2H3,(H,16,17). The Balaban J connectivity index is 2.22. The van der Waals surface area contributed by atoms with Crippen molar-refractivity contribution >= 4 is 23.4 Å². The van der Waals surface area contributed by atoms with Crippen molar-refractivity contribution in [2.45, 2.75) is 19.8 Å². The summed E-state index contributed by atoms with van der Waals surface area (Å²) < 4.78 is 0. The predicted octanol–water partition coefficient (Wildman–Crippen LogP) is 2.32. The number of nitrogens with one attached hydrogen (secondary N) is 1. The van der Waals surface area contributed by atoms with Gasteiger partial charge in [0.15, 0.2) is 0 Å². The molecule has 0 bridgehead atoms. The number of aryl methyl sites for hydroxylation is 1. The van der Waals surface area contributed by atoms with E-state index in [1.54, 1.807) is 0 Å². The van der Waals surface area contributed by atoms with Crippen molar-refractivity contribution in [2.75, 3.05) is 24.3 Å². The Morgan fingerprint density at radius 1 is 1.39 bits per heavy atom. The molecule has 0 spiro atoms. The molecule has 4 heteroatoms. The number of hydrogen-bond acceptors (Lipinski definition) is 3. The predicted molar refractivity (Wildman–Crippen MR) is 79.7 cm³/mol. The first-order chi connectivity index (χ1) is 8.61. The van der Waals surface area contributed by atoms with E-state index in [9.17, 15) is 4.79 Å². The molecule has 3 N–H and O–H groups in total. The second-order valence-electron chi connectivity index (χ2n) is 4.61. The van der Waals surface area contributed by atoms with Crippen LogP contribution < -0.4 is 11.1 Å². The fourth-order valence-corrected chi connectivity index (χ4v) is 2.35. The lowest BCUT2D eigenvalue weighted by Crippen LogP contribution is -2.29. The molecule has 0 fully saturated rings. The lowest BCUT2D eigenvalue weighted by Gasteiger charge is -2.11. The zero-order valence-corrected chi connectivity index (χ0v) is 11.9. The van der Waals surface area contributed by atoms with Crippen molar-refractivity contribution in [1.82, 2.24) is 5.32 Å². The van der Waals surface area contributed by atoms with Crippen molar-refractivity contribution < 1.29 is 4.79 Å². The quantitative estimate of drug-likeness (QED) is 0.745. The van der Waals surface area contributed by atoms with Crippen LogP contribution in [0.1, 0.15) is 18.9 Å². The summed E-state index contributed by atoms with van der Waals surface area (Å²) in [5, 5.41) is 2.97. The molecule has 1 aromatic rings. The van der Waals surface area contributed by atoms with Gasteiger partial charge >= 0.3 is 0 Å². The number of anilines is 1. The summed E-state index contributed by atoms with van der Waals surface area (Å²) in [5.41, 5.74) is 7.52. The van der Waals surface area contributed by atoms with Crippen LogP contribution in [0.5, 0.6) is 0 Å². The van der Waals surface area contributed by atoms with Crippen molar-refractivity contribution in [3.05, 3.63) is 29.8 Å². The summed E-state index contributed by atoms with van der Waals surface area (Å²) in [6.45, 7) is 2.91. The minimum absolute atomic E-state index is 0.125. The highest BCUT2D eigenvalue weighted by atomic mass is 32.2. The van der Waals surface area contributed by atoms with Crippen LogP contribution in [0.25, 0.3) is 0 Å². The van der Waals surface area contributed by atoms with Crippen LogP contribution in [0.4, 0.5) is 5.69 Å². The Bertz CT molecular complexity index is 365. The zero-order valence-electron chi connectivity index (χ0n) is 11.1. The molecule has 0 saturated carbocycles. The average Bonchev–Trinajstić information content (AvgIpc) is 2.36. The summed E-state index contributed by atoms with van der Waals surface area (Å²) in [4.78, 5) is 11.6. The van der Waals surface area contributed by atoms with Crippen LogP contribution in [0, 0.1) is 5.92 Å². The van der Waals surface area contributed by atoms with Gasteiger partial charge in [0, 0.05) is 18.7 Å². The highest BCUT2D eigenvalue weighted by Gasteiger charge is 2.05. The molecule has 1 amide bonds. The van der Waals surface area contributed by atoms with Crippen LogP contribution in [0.3, 0.4) is 0 Å². The molecule has 0 aromatic heterocycles. The number of amides is 1. The first-order valence-electron chi connectivity index (χ1n) is 6.22. The topological polar surface area (TPSA) is 55.1 Å². The Kier molecular flexibility index (Phi) is 6.65. The summed E-state index contributed by atoms with van der Waals surface area (Å²) in [6.07, 6.45) is 3.39. The summed E-state index contributed by atoms with van der Waals surface area (Å²) >= 11 is 1.81. The van der Waals surface area contributed by atoms with E-state index >= 15 is 0 Å². The van der Waals surface area contributed by atoms with Gasteiger partial charge in [-0.2, -0.15) is 11.8 Å². The van der Waals surface area contributed by atoms with E-state index < -0.39 is 0 Å². The first-order valence-corrected chi connectivity index (χ1v) is 7.61. The van der Waals surface area contributed by atoms with Gasteiger partial charge < -0.3 is 11.1 Å². The van der Waals surface area contributed by atoms with E-state index in [0.717, 1.165) is 30.0 Å². The van der Waals surface area contributed by atoms with Crippen LogP contribution in [0.2, 0.25) is 0 Å². The molecule has 1 rings (SSSR count). The van der Waals surface area contributed by atoms with Gasteiger partial charge in [0.25, 0.3) is 0 Å². The number of carbonyl (C=O) groups is 1. The number of rotatable bonds is 7. The van der Waals surface area contributed by atoms with Gasteiger partial charge in [-0.3, -0.25) is 4.79 Å². The summed E-state index contributed by atoms with van der Waals surface area (Å²) in [5.74, 6) is 1.73. The molecule has 18 heavy (non-hydrogen) atoms. The number of nitrogen functional groups attached to an aromatic ring is 1. The number of carbonyl (C=O) groups excluding carboxylic acids is 1. The van der Waals surface area contributed by atoms with Gasteiger partial charge in [-0.15, -0.1) is 0 Å². The molecule has 1 unspecified atom stereocenters. The molecule has 0 aliphatic heterocycles. The molecule has 1 aromatic carbocycles. The van der Waals surface area contributed by atoms with E-state index in [1.807, 2.05) is 36.0 Å². The van der Waals surface area contributed by atoms with Crippen molar-refractivity contribution in [1.29, 1.82) is 0 Å². The van der Waals surface area contributed by atoms with E-state index in [1.165, 1.54) is 0 Å². The monoisotopic (exact) mass is 266 g/mol. The Labute approximate surface area is 114 Å². The Hall–Kier alpha value is -1.16. The van der Waals surface area contributed by atoms with Gasteiger partial charge in [-0.1, -0.05) is 19.1 Å². The molecule has 1 atom stereocenters. The summed E-state index contributed by atoms with van der Waals surface area (Å²) in [6, 6.07) is 7.68. The third-order valence-electron chi connectivity index (χ3n) is 2.72. The van der Waals surface area contributed by atoms with Crippen molar-refractivity contribution in [3.63, 3.8) is 0 Å². The number of hydrogen-bond donors (Lipinski definition) is 2. The maximum atomic E-state index is 11.6. The third-order valence-corrected chi connectivity index (χ3v) is 3.62. The van der Waals surface area contributed by atoms with Gasteiger partial charge in [-0.05, 0) is 42.0 Å². The van der Waals surface area contributed by atoms with Crippen LogP contribution in [-0.2, 0) is 11.2 Å².